The third-order valence-corrected chi connectivity index (χ3v) is 2.86. The first-order chi connectivity index (χ1) is 8.36. The van der Waals surface area contributed by atoms with Gasteiger partial charge in [-0.05, 0) is 6.42 Å². The molecule has 8 heteroatoms. The summed E-state index contributed by atoms with van der Waals surface area (Å²) in [6.45, 7) is 1.68. The summed E-state index contributed by atoms with van der Waals surface area (Å²) in [5.74, 6) is -1.05. The summed E-state index contributed by atoms with van der Waals surface area (Å²) >= 11 is 11.7. The Balaban J connectivity index is 3.10. The van der Waals surface area contributed by atoms with E-state index >= 15 is 0 Å². The predicted octanol–water partition coefficient (Wildman–Crippen LogP) is 3.18. The predicted molar refractivity (Wildman–Crippen MR) is 68.5 cm³/mol. The molecule has 0 radical (unpaired) electrons. The van der Waals surface area contributed by atoms with Crippen molar-refractivity contribution in [3.05, 3.63) is 32.3 Å². The van der Waals surface area contributed by atoms with Gasteiger partial charge in [0.1, 0.15) is 6.04 Å². The molecule has 1 aromatic rings. The molecule has 0 fully saturated rings. The van der Waals surface area contributed by atoms with Crippen LogP contribution >= 0.6 is 23.2 Å². The number of benzene rings is 1. The van der Waals surface area contributed by atoms with E-state index < -0.39 is 16.9 Å². The summed E-state index contributed by atoms with van der Waals surface area (Å²) in [6.07, 6.45) is 0.318. The maximum Gasteiger partial charge on any atom is 0.326 e. The Kier molecular flexibility index (Phi) is 4.75. The Labute approximate surface area is 113 Å². The molecule has 1 atom stereocenters. The van der Waals surface area contributed by atoms with Gasteiger partial charge in [0.2, 0.25) is 0 Å². The molecule has 0 saturated heterocycles. The van der Waals surface area contributed by atoms with Crippen LogP contribution in [0.25, 0.3) is 0 Å². The number of carboxylic acids is 1. The van der Waals surface area contributed by atoms with E-state index in [1.807, 2.05) is 0 Å². The number of nitro benzene ring substituents is 1. The standard InChI is InChI=1S/C10H10Cl2N2O4/c1-2-8(10(15)16)13-9-6(11)3-5(14(17)18)4-7(9)12/h3-4,8,13H,2H2,1H3,(H,15,16). The van der Waals surface area contributed by atoms with Crippen LogP contribution in [0.5, 0.6) is 0 Å². The summed E-state index contributed by atoms with van der Waals surface area (Å²) in [5.41, 5.74) is -0.0721. The summed E-state index contributed by atoms with van der Waals surface area (Å²) in [5, 5.41) is 22.1. The smallest absolute Gasteiger partial charge is 0.326 e. The number of carbonyl (C=O) groups is 1. The molecule has 98 valence electrons. The first-order valence-electron chi connectivity index (χ1n) is 4.99. The van der Waals surface area contributed by atoms with E-state index in [0.29, 0.717) is 6.42 Å². The number of carboxylic acid groups (broad SMARTS) is 1. The number of anilines is 1. The lowest BCUT2D eigenvalue weighted by Crippen LogP contribution is -2.28. The molecule has 0 bridgehead atoms. The van der Waals surface area contributed by atoms with Gasteiger partial charge >= 0.3 is 5.97 Å². The van der Waals surface area contributed by atoms with Crippen LogP contribution in [0.2, 0.25) is 10.0 Å². The van der Waals surface area contributed by atoms with Crippen molar-refractivity contribution in [3.63, 3.8) is 0 Å². The van der Waals surface area contributed by atoms with Crippen LogP contribution in [0.1, 0.15) is 13.3 Å². The van der Waals surface area contributed by atoms with Crippen molar-refractivity contribution >= 4 is 40.5 Å². The first kappa shape index (κ1) is 14.5. The minimum absolute atomic E-state index is 0.00824. The highest BCUT2D eigenvalue weighted by Gasteiger charge is 2.20. The molecule has 0 aliphatic heterocycles. The van der Waals surface area contributed by atoms with E-state index in [9.17, 15) is 14.9 Å². The lowest BCUT2D eigenvalue weighted by atomic mass is 10.2. The van der Waals surface area contributed by atoms with E-state index in [0.717, 1.165) is 12.1 Å². The van der Waals surface area contributed by atoms with Gasteiger partial charge in [-0.25, -0.2) is 4.79 Å². The molecule has 0 amide bonds. The second kappa shape index (κ2) is 5.88. The summed E-state index contributed by atoms with van der Waals surface area (Å²) in [7, 11) is 0. The van der Waals surface area contributed by atoms with E-state index in [-0.39, 0.29) is 21.4 Å². The fourth-order valence-corrected chi connectivity index (χ4v) is 1.90. The maximum absolute atomic E-state index is 10.9. The number of hydrogen-bond donors (Lipinski definition) is 2. The van der Waals surface area contributed by atoms with Crippen LogP contribution in [0.3, 0.4) is 0 Å². The van der Waals surface area contributed by atoms with Crippen LogP contribution in [0, 0.1) is 10.1 Å². The van der Waals surface area contributed by atoms with Gasteiger partial charge in [-0.1, -0.05) is 30.1 Å². The highest BCUT2D eigenvalue weighted by atomic mass is 35.5. The number of hydrogen-bond acceptors (Lipinski definition) is 4. The lowest BCUT2D eigenvalue weighted by Gasteiger charge is -2.16. The Morgan fingerprint density at radius 2 is 2.00 bits per heavy atom. The number of nitrogens with zero attached hydrogens (tertiary/aromatic N) is 1. The average molecular weight is 293 g/mol. The molecule has 1 unspecified atom stereocenters. The Morgan fingerprint density at radius 3 is 2.33 bits per heavy atom. The Morgan fingerprint density at radius 1 is 1.50 bits per heavy atom. The van der Waals surface area contributed by atoms with Gasteiger partial charge in [-0.15, -0.1) is 0 Å². The molecular formula is C10H10Cl2N2O4. The number of nitrogens with one attached hydrogen (secondary N) is 1. The van der Waals surface area contributed by atoms with E-state index in [4.69, 9.17) is 28.3 Å². The number of nitro groups is 1. The van der Waals surface area contributed by atoms with Gasteiger partial charge < -0.3 is 10.4 Å². The SMILES string of the molecule is CCC(Nc1c(Cl)cc([N+](=O)[O-])cc1Cl)C(=O)O. The zero-order valence-electron chi connectivity index (χ0n) is 9.31. The molecule has 0 aliphatic carbocycles. The van der Waals surface area contributed by atoms with Gasteiger partial charge in [0.05, 0.1) is 20.7 Å². The molecule has 1 rings (SSSR count). The van der Waals surface area contributed by atoms with Gasteiger partial charge in [0, 0.05) is 12.1 Å². The van der Waals surface area contributed by atoms with Crippen molar-refractivity contribution in [2.45, 2.75) is 19.4 Å². The number of non-ortho nitro benzene ring substituents is 1. The fraction of sp³-hybridized carbons (Fsp3) is 0.300. The summed E-state index contributed by atoms with van der Waals surface area (Å²) in [4.78, 5) is 20.8. The number of rotatable bonds is 5. The van der Waals surface area contributed by atoms with Crippen molar-refractivity contribution in [1.82, 2.24) is 0 Å². The third-order valence-electron chi connectivity index (χ3n) is 2.26. The zero-order valence-corrected chi connectivity index (χ0v) is 10.8. The van der Waals surface area contributed by atoms with Crippen molar-refractivity contribution in [2.24, 2.45) is 0 Å². The zero-order chi connectivity index (χ0) is 13.9. The molecule has 1 aromatic carbocycles. The second-order valence-corrected chi connectivity index (χ2v) is 4.30. The topological polar surface area (TPSA) is 92.5 Å². The number of aliphatic carboxylic acids is 1. The highest BCUT2D eigenvalue weighted by molar-refractivity contribution is 6.39. The van der Waals surface area contributed by atoms with Crippen molar-refractivity contribution in [1.29, 1.82) is 0 Å². The van der Waals surface area contributed by atoms with Crippen molar-refractivity contribution in [2.75, 3.05) is 5.32 Å². The average Bonchev–Trinajstić information content (AvgIpc) is 2.27. The third kappa shape index (κ3) is 3.24. The summed E-state index contributed by atoms with van der Waals surface area (Å²) < 4.78 is 0. The van der Waals surface area contributed by atoms with Crippen molar-refractivity contribution < 1.29 is 14.8 Å². The molecule has 2 N–H and O–H groups in total. The van der Waals surface area contributed by atoms with Crippen LogP contribution < -0.4 is 5.32 Å². The molecule has 6 nitrogen and oxygen atoms in total. The fourth-order valence-electron chi connectivity index (χ4n) is 1.32. The van der Waals surface area contributed by atoms with E-state index in [1.165, 1.54) is 0 Å². The molecule has 0 saturated carbocycles. The lowest BCUT2D eigenvalue weighted by molar-refractivity contribution is -0.384. The minimum Gasteiger partial charge on any atom is -0.480 e. The molecule has 18 heavy (non-hydrogen) atoms. The van der Waals surface area contributed by atoms with Crippen LogP contribution in [-0.4, -0.2) is 22.0 Å². The van der Waals surface area contributed by atoms with E-state index in [2.05, 4.69) is 5.32 Å². The highest BCUT2D eigenvalue weighted by Crippen LogP contribution is 2.35. The first-order valence-corrected chi connectivity index (χ1v) is 5.75. The Hall–Kier alpha value is -1.53. The summed E-state index contributed by atoms with van der Waals surface area (Å²) in [6, 6.07) is 1.37. The second-order valence-electron chi connectivity index (χ2n) is 3.48. The maximum atomic E-state index is 10.9. The van der Waals surface area contributed by atoms with Gasteiger partial charge in [-0.2, -0.15) is 0 Å². The van der Waals surface area contributed by atoms with Crippen LogP contribution in [-0.2, 0) is 4.79 Å². The van der Waals surface area contributed by atoms with Gasteiger partial charge in [0.15, 0.2) is 0 Å². The van der Waals surface area contributed by atoms with Crippen LogP contribution in [0.15, 0.2) is 12.1 Å². The largest absolute Gasteiger partial charge is 0.480 e. The molecular weight excluding hydrogens is 283 g/mol. The van der Waals surface area contributed by atoms with E-state index in [1.54, 1.807) is 6.92 Å². The monoisotopic (exact) mass is 292 g/mol. The molecule has 0 spiro atoms. The Bertz CT molecular complexity index is 470. The molecule has 0 aromatic heterocycles. The van der Waals surface area contributed by atoms with Crippen molar-refractivity contribution in [3.8, 4) is 0 Å². The minimum atomic E-state index is -1.05. The van der Waals surface area contributed by atoms with Gasteiger partial charge in [-0.3, -0.25) is 10.1 Å². The molecule has 0 aliphatic rings. The molecule has 0 heterocycles. The quantitative estimate of drug-likeness (QED) is 0.642. The van der Waals surface area contributed by atoms with Gasteiger partial charge in [0.25, 0.3) is 5.69 Å². The normalized spacial score (nSPS) is 11.9. The number of halogens is 2. The van der Waals surface area contributed by atoms with Crippen LogP contribution in [0.4, 0.5) is 11.4 Å².